The molecule has 0 aromatic carbocycles. The van der Waals surface area contributed by atoms with Crippen LogP contribution < -0.4 is 10.1 Å². The Hall–Kier alpha value is -0.740. The van der Waals surface area contributed by atoms with Crippen LogP contribution in [0.25, 0.3) is 0 Å². The third-order valence-corrected chi connectivity index (χ3v) is 4.44. The average molecular weight is 276 g/mol. The van der Waals surface area contributed by atoms with E-state index in [1.54, 1.807) is 13.2 Å². The maximum Gasteiger partial charge on any atom is 0.261 e. The van der Waals surface area contributed by atoms with Gasteiger partial charge in [-0.2, -0.15) is 0 Å². The molecule has 1 rings (SSSR count). The van der Waals surface area contributed by atoms with Crippen molar-refractivity contribution in [1.29, 1.82) is 0 Å². The molecule has 0 fully saturated rings. The molecule has 1 heterocycles. The van der Waals surface area contributed by atoms with E-state index >= 15 is 0 Å². The van der Waals surface area contributed by atoms with Gasteiger partial charge in [0.1, 0.15) is 5.75 Å². The molecule has 0 aliphatic carbocycles. The summed E-state index contributed by atoms with van der Waals surface area (Å²) in [6.07, 6.45) is 1.64. The van der Waals surface area contributed by atoms with Crippen LogP contribution in [0.5, 0.6) is 5.75 Å². The number of nitrogens with one attached hydrogen (secondary N) is 1. The number of halogens is 1. The van der Waals surface area contributed by atoms with E-state index < -0.39 is 0 Å². The second-order valence-corrected chi connectivity index (χ2v) is 5.10. The smallest absolute Gasteiger partial charge is 0.261 e. The molecule has 0 aliphatic heterocycles. The van der Waals surface area contributed by atoms with Gasteiger partial charge in [0, 0.05) is 17.3 Å². The number of ether oxygens (including phenoxy) is 1. The van der Waals surface area contributed by atoms with Crippen LogP contribution in [-0.4, -0.2) is 24.4 Å². The maximum absolute atomic E-state index is 12.1. The third-order valence-electron chi connectivity index (χ3n) is 3.02. The molecule has 0 atom stereocenters. The van der Waals surface area contributed by atoms with Crippen molar-refractivity contribution in [3.05, 3.63) is 16.3 Å². The number of amides is 1. The van der Waals surface area contributed by atoms with Gasteiger partial charge in [-0.05, 0) is 12.8 Å². The second-order valence-electron chi connectivity index (χ2n) is 3.93. The van der Waals surface area contributed by atoms with Crippen molar-refractivity contribution in [2.24, 2.45) is 0 Å². The Morgan fingerprint density at radius 1 is 1.53 bits per heavy atom. The lowest BCUT2D eigenvalue weighted by Crippen LogP contribution is -2.49. The van der Waals surface area contributed by atoms with Crippen LogP contribution in [-0.2, 0) is 0 Å². The van der Waals surface area contributed by atoms with Gasteiger partial charge in [0.25, 0.3) is 5.91 Å². The SMILES string of the molecule is CCC(CC)(CCl)NC(=O)c1cc(OC)cs1. The fourth-order valence-corrected chi connectivity index (χ4v) is 2.69. The molecule has 17 heavy (non-hydrogen) atoms. The van der Waals surface area contributed by atoms with E-state index in [0.717, 1.165) is 12.8 Å². The van der Waals surface area contributed by atoms with Crippen LogP contribution in [0.15, 0.2) is 11.4 Å². The third kappa shape index (κ3) is 3.36. The molecule has 1 aromatic heterocycles. The maximum atomic E-state index is 12.1. The van der Waals surface area contributed by atoms with Gasteiger partial charge < -0.3 is 10.1 Å². The summed E-state index contributed by atoms with van der Waals surface area (Å²) in [5.41, 5.74) is -0.310. The van der Waals surface area contributed by atoms with Crippen LogP contribution in [0.1, 0.15) is 36.4 Å². The van der Waals surface area contributed by atoms with Crippen molar-refractivity contribution in [2.45, 2.75) is 32.2 Å². The van der Waals surface area contributed by atoms with Gasteiger partial charge in [-0.15, -0.1) is 22.9 Å². The van der Waals surface area contributed by atoms with Gasteiger partial charge in [-0.3, -0.25) is 4.79 Å². The topological polar surface area (TPSA) is 38.3 Å². The predicted molar refractivity (Wildman–Crippen MR) is 72.4 cm³/mol. The fourth-order valence-electron chi connectivity index (χ4n) is 1.50. The van der Waals surface area contributed by atoms with Crippen LogP contribution in [0.4, 0.5) is 0 Å². The number of rotatable bonds is 6. The number of hydrogen-bond acceptors (Lipinski definition) is 3. The molecule has 0 saturated carbocycles. The van der Waals surface area contributed by atoms with Crippen LogP contribution in [0, 0.1) is 0 Å². The Morgan fingerprint density at radius 2 is 2.18 bits per heavy atom. The average Bonchev–Trinajstić information content (AvgIpc) is 2.85. The first kappa shape index (κ1) is 14.3. The minimum Gasteiger partial charge on any atom is -0.496 e. The molecule has 0 saturated heterocycles. The van der Waals surface area contributed by atoms with Crippen molar-refractivity contribution in [3.63, 3.8) is 0 Å². The highest BCUT2D eigenvalue weighted by Gasteiger charge is 2.27. The summed E-state index contributed by atoms with van der Waals surface area (Å²) < 4.78 is 5.06. The Kier molecular flexibility index (Phi) is 5.28. The Labute approximate surface area is 111 Å². The minimum absolute atomic E-state index is 0.0809. The summed E-state index contributed by atoms with van der Waals surface area (Å²) in [4.78, 5) is 12.7. The molecule has 0 bridgehead atoms. The van der Waals surface area contributed by atoms with Gasteiger partial charge in [0.05, 0.1) is 17.5 Å². The molecule has 1 amide bonds. The molecule has 0 radical (unpaired) electrons. The van der Waals surface area contributed by atoms with Gasteiger partial charge in [0.2, 0.25) is 0 Å². The lowest BCUT2D eigenvalue weighted by Gasteiger charge is -2.30. The van der Waals surface area contributed by atoms with E-state index in [2.05, 4.69) is 5.32 Å². The Balaban J connectivity index is 2.77. The number of carbonyl (C=O) groups is 1. The van der Waals surface area contributed by atoms with Crippen molar-refractivity contribution in [2.75, 3.05) is 13.0 Å². The highest BCUT2D eigenvalue weighted by molar-refractivity contribution is 7.12. The molecule has 3 nitrogen and oxygen atoms in total. The Bertz CT molecular complexity index is 366. The molecule has 1 N–H and O–H groups in total. The van der Waals surface area contributed by atoms with Crippen LogP contribution >= 0.6 is 22.9 Å². The van der Waals surface area contributed by atoms with Crippen molar-refractivity contribution >= 4 is 28.8 Å². The van der Waals surface area contributed by atoms with E-state index in [1.165, 1.54) is 11.3 Å². The zero-order valence-corrected chi connectivity index (χ0v) is 12.0. The number of thiophene rings is 1. The van der Waals surface area contributed by atoms with Gasteiger partial charge >= 0.3 is 0 Å². The standard InChI is InChI=1S/C12H18ClNO2S/c1-4-12(5-2,8-13)14-11(15)10-6-9(16-3)7-17-10/h6-7H,4-5,8H2,1-3H3,(H,14,15). The normalized spacial score (nSPS) is 11.3. The number of methoxy groups -OCH3 is 1. The number of hydrogen-bond donors (Lipinski definition) is 1. The number of alkyl halides is 1. The summed E-state index contributed by atoms with van der Waals surface area (Å²) in [5, 5.41) is 4.83. The molecule has 0 aliphatic rings. The zero-order chi connectivity index (χ0) is 12.9. The summed E-state index contributed by atoms with van der Waals surface area (Å²) in [5.74, 6) is 1.06. The van der Waals surface area contributed by atoms with E-state index in [0.29, 0.717) is 16.5 Å². The van der Waals surface area contributed by atoms with E-state index in [-0.39, 0.29) is 11.4 Å². The monoisotopic (exact) mass is 275 g/mol. The molecule has 0 spiro atoms. The molecule has 96 valence electrons. The molecular formula is C12H18ClNO2S. The second kappa shape index (κ2) is 6.26. The Morgan fingerprint density at radius 3 is 2.59 bits per heavy atom. The highest BCUT2D eigenvalue weighted by Crippen LogP contribution is 2.23. The molecular weight excluding hydrogens is 258 g/mol. The van der Waals surface area contributed by atoms with E-state index in [4.69, 9.17) is 16.3 Å². The van der Waals surface area contributed by atoms with Crippen LogP contribution in [0.3, 0.4) is 0 Å². The van der Waals surface area contributed by atoms with Crippen LogP contribution in [0.2, 0.25) is 0 Å². The van der Waals surface area contributed by atoms with Crippen molar-refractivity contribution < 1.29 is 9.53 Å². The molecule has 0 unspecified atom stereocenters. The lowest BCUT2D eigenvalue weighted by molar-refractivity contribution is 0.0906. The lowest BCUT2D eigenvalue weighted by atomic mass is 9.95. The largest absolute Gasteiger partial charge is 0.496 e. The fraction of sp³-hybridized carbons (Fsp3) is 0.583. The van der Waals surface area contributed by atoms with Crippen molar-refractivity contribution in [3.8, 4) is 5.75 Å². The summed E-state index contributed by atoms with van der Waals surface area (Å²) in [6, 6.07) is 1.74. The first-order valence-corrected chi connectivity index (χ1v) is 7.03. The quantitative estimate of drug-likeness (QED) is 0.809. The highest BCUT2D eigenvalue weighted by atomic mass is 35.5. The zero-order valence-electron chi connectivity index (χ0n) is 10.4. The van der Waals surface area contributed by atoms with Crippen molar-refractivity contribution in [1.82, 2.24) is 5.32 Å². The first-order chi connectivity index (χ1) is 8.10. The van der Waals surface area contributed by atoms with E-state index in [1.807, 2.05) is 19.2 Å². The summed E-state index contributed by atoms with van der Waals surface area (Å²) in [7, 11) is 1.59. The van der Waals surface area contributed by atoms with E-state index in [9.17, 15) is 4.79 Å². The van der Waals surface area contributed by atoms with Gasteiger partial charge in [-0.25, -0.2) is 0 Å². The minimum atomic E-state index is -0.310. The van der Waals surface area contributed by atoms with Gasteiger partial charge in [0.15, 0.2) is 0 Å². The predicted octanol–water partition coefficient (Wildman–Crippen LogP) is 3.28. The van der Waals surface area contributed by atoms with Gasteiger partial charge in [-0.1, -0.05) is 13.8 Å². The molecule has 1 aromatic rings. The summed E-state index contributed by atoms with van der Waals surface area (Å²) >= 11 is 7.33. The number of carbonyl (C=O) groups excluding carboxylic acids is 1. The molecule has 5 heteroatoms. The summed E-state index contributed by atoms with van der Waals surface area (Å²) in [6.45, 7) is 4.06. The first-order valence-electron chi connectivity index (χ1n) is 5.61.